The number of piperidine rings is 1. The van der Waals surface area contributed by atoms with Crippen molar-refractivity contribution in [1.82, 2.24) is 10.3 Å². The minimum absolute atomic E-state index is 0.190. The maximum Gasteiger partial charge on any atom is 0.265 e. The zero-order valence-electron chi connectivity index (χ0n) is 12.3. The van der Waals surface area contributed by atoms with Crippen molar-refractivity contribution in [3.63, 3.8) is 0 Å². The highest BCUT2D eigenvalue weighted by molar-refractivity contribution is 7.18. The number of nitrogens with one attached hydrogen (secondary N) is 1. The van der Waals surface area contributed by atoms with Crippen molar-refractivity contribution >= 4 is 28.2 Å². The monoisotopic (exact) mass is 313 g/mol. The molecule has 2 rings (SSSR count). The Morgan fingerprint density at radius 2 is 2.24 bits per heavy atom. The molecule has 5 N–H and O–H groups in total. The Labute approximate surface area is 128 Å². The number of anilines is 2. The number of ether oxygens (including phenoxy) is 1. The third-order valence-electron chi connectivity index (χ3n) is 3.39. The van der Waals surface area contributed by atoms with Crippen molar-refractivity contribution in [3.05, 3.63) is 4.88 Å². The van der Waals surface area contributed by atoms with Gasteiger partial charge < -0.3 is 26.4 Å². The van der Waals surface area contributed by atoms with E-state index in [0.717, 1.165) is 31.1 Å². The summed E-state index contributed by atoms with van der Waals surface area (Å²) in [6.07, 6.45) is 1.88. The normalized spacial score (nSPS) is 16.2. The first-order valence-corrected chi connectivity index (χ1v) is 8.06. The number of nitrogens with two attached hydrogens (primary N) is 2. The lowest BCUT2D eigenvalue weighted by molar-refractivity contribution is 0.0927. The molecule has 0 saturated carbocycles. The van der Waals surface area contributed by atoms with Crippen LogP contribution in [0, 0.1) is 0 Å². The van der Waals surface area contributed by atoms with E-state index >= 15 is 0 Å². The molecule has 1 amide bonds. The van der Waals surface area contributed by atoms with E-state index in [1.54, 1.807) is 0 Å². The molecule has 1 saturated heterocycles. The maximum absolute atomic E-state index is 12.1. The Morgan fingerprint density at radius 1 is 1.52 bits per heavy atom. The maximum atomic E-state index is 12.1. The van der Waals surface area contributed by atoms with Gasteiger partial charge in [0.25, 0.3) is 5.91 Å². The lowest BCUT2D eigenvalue weighted by Crippen LogP contribution is -2.39. The van der Waals surface area contributed by atoms with E-state index in [1.807, 2.05) is 6.92 Å². The molecule has 1 aliphatic rings. The summed E-state index contributed by atoms with van der Waals surface area (Å²) in [5, 5.41) is 3.59. The van der Waals surface area contributed by atoms with Crippen LogP contribution >= 0.6 is 11.3 Å². The Hall–Kier alpha value is -1.38. The Balaban J connectivity index is 1.93. The second-order valence-corrected chi connectivity index (χ2v) is 5.97. The van der Waals surface area contributed by atoms with Crippen LogP contribution in [0.15, 0.2) is 0 Å². The average molecular weight is 313 g/mol. The van der Waals surface area contributed by atoms with Crippen molar-refractivity contribution in [3.8, 4) is 0 Å². The molecule has 8 heteroatoms. The highest BCUT2D eigenvalue weighted by Crippen LogP contribution is 2.29. The third-order valence-corrected chi connectivity index (χ3v) is 4.53. The van der Waals surface area contributed by atoms with Crippen LogP contribution in [-0.4, -0.2) is 49.8 Å². The predicted molar refractivity (Wildman–Crippen MR) is 84.8 cm³/mol. The summed E-state index contributed by atoms with van der Waals surface area (Å²) < 4.78 is 5.18. The molecular weight excluding hydrogens is 290 g/mol. The molecule has 1 aliphatic heterocycles. The van der Waals surface area contributed by atoms with Gasteiger partial charge in [0.2, 0.25) is 0 Å². The Morgan fingerprint density at radius 3 is 2.90 bits per heavy atom. The first-order valence-electron chi connectivity index (χ1n) is 7.24. The van der Waals surface area contributed by atoms with Gasteiger partial charge >= 0.3 is 0 Å². The summed E-state index contributed by atoms with van der Waals surface area (Å²) in [4.78, 5) is 19.0. The number of carbonyl (C=O) groups excluding carboxylic acids is 1. The van der Waals surface area contributed by atoms with Gasteiger partial charge in [-0.2, -0.15) is 0 Å². The molecule has 0 spiro atoms. The van der Waals surface area contributed by atoms with Crippen LogP contribution in [0.3, 0.4) is 0 Å². The van der Waals surface area contributed by atoms with Gasteiger partial charge in [-0.05, 0) is 19.8 Å². The summed E-state index contributed by atoms with van der Waals surface area (Å²) in [5.74, 6) is 0.100. The molecule has 0 unspecified atom stereocenters. The van der Waals surface area contributed by atoms with Gasteiger partial charge in [-0.25, -0.2) is 4.98 Å². The van der Waals surface area contributed by atoms with E-state index in [4.69, 9.17) is 16.2 Å². The molecule has 0 aromatic carbocycles. The molecular formula is C13H23N5O2S. The van der Waals surface area contributed by atoms with Crippen LogP contribution in [-0.2, 0) is 4.74 Å². The van der Waals surface area contributed by atoms with Gasteiger partial charge in [-0.1, -0.05) is 11.3 Å². The summed E-state index contributed by atoms with van der Waals surface area (Å²) >= 11 is 1.34. The molecule has 0 bridgehead atoms. The number of hydrogen-bond donors (Lipinski definition) is 3. The zero-order chi connectivity index (χ0) is 15.2. The fraction of sp³-hybridized carbons (Fsp3) is 0.692. The highest BCUT2D eigenvalue weighted by Gasteiger charge is 2.22. The number of aromatic nitrogens is 1. The predicted octanol–water partition coefficient (Wildman–Crippen LogP) is 0.419. The molecule has 21 heavy (non-hydrogen) atoms. The van der Waals surface area contributed by atoms with Crippen LogP contribution in [0.5, 0.6) is 0 Å². The van der Waals surface area contributed by atoms with Crippen molar-refractivity contribution in [1.29, 1.82) is 0 Å². The quantitative estimate of drug-likeness (QED) is 0.657. The largest absolute Gasteiger partial charge is 0.382 e. The average Bonchev–Trinajstić information content (AvgIpc) is 2.86. The van der Waals surface area contributed by atoms with Gasteiger partial charge in [0.15, 0.2) is 5.13 Å². The van der Waals surface area contributed by atoms with Crippen molar-refractivity contribution in [2.75, 3.05) is 43.5 Å². The molecule has 0 radical (unpaired) electrons. The van der Waals surface area contributed by atoms with E-state index in [0.29, 0.717) is 30.5 Å². The van der Waals surface area contributed by atoms with Crippen molar-refractivity contribution in [2.24, 2.45) is 5.73 Å². The molecule has 2 heterocycles. The highest BCUT2D eigenvalue weighted by atomic mass is 32.1. The van der Waals surface area contributed by atoms with Gasteiger partial charge in [-0.15, -0.1) is 0 Å². The van der Waals surface area contributed by atoms with Crippen LogP contribution < -0.4 is 21.7 Å². The first-order chi connectivity index (χ1) is 10.1. The minimum Gasteiger partial charge on any atom is -0.382 e. The number of nitrogens with zero attached hydrogens (tertiary/aromatic N) is 2. The second kappa shape index (κ2) is 7.58. The fourth-order valence-corrected chi connectivity index (χ4v) is 3.12. The van der Waals surface area contributed by atoms with Crippen molar-refractivity contribution < 1.29 is 9.53 Å². The number of hydrogen-bond acceptors (Lipinski definition) is 7. The molecule has 7 nitrogen and oxygen atoms in total. The van der Waals surface area contributed by atoms with Crippen LogP contribution in [0.25, 0.3) is 0 Å². The standard InChI is InChI=1S/C13H23N5O2S/c1-2-20-8-5-16-12(19)10-11(15)17-13(21-10)18-6-3-9(14)4-7-18/h9H,2-8,14-15H2,1H3,(H,16,19). The Kier molecular flexibility index (Phi) is 5.77. The molecule has 0 atom stereocenters. The third kappa shape index (κ3) is 4.29. The second-order valence-electron chi connectivity index (χ2n) is 4.99. The molecule has 1 fully saturated rings. The van der Waals surface area contributed by atoms with E-state index in [9.17, 15) is 4.79 Å². The molecule has 0 aliphatic carbocycles. The van der Waals surface area contributed by atoms with Crippen LogP contribution in [0.4, 0.5) is 10.9 Å². The smallest absolute Gasteiger partial charge is 0.265 e. The summed E-state index contributed by atoms with van der Waals surface area (Å²) in [5.41, 5.74) is 11.8. The number of rotatable bonds is 6. The summed E-state index contributed by atoms with van der Waals surface area (Å²) in [7, 11) is 0. The van der Waals surface area contributed by atoms with E-state index in [1.165, 1.54) is 11.3 Å². The van der Waals surface area contributed by atoms with Crippen molar-refractivity contribution in [2.45, 2.75) is 25.8 Å². The number of amides is 1. The number of nitrogen functional groups attached to an aromatic ring is 1. The molecule has 118 valence electrons. The van der Waals surface area contributed by atoms with Gasteiger partial charge in [0.1, 0.15) is 10.7 Å². The Bertz CT molecular complexity index is 471. The first kappa shape index (κ1) is 16.0. The van der Waals surface area contributed by atoms with Gasteiger partial charge in [0.05, 0.1) is 6.61 Å². The van der Waals surface area contributed by atoms with Gasteiger partial charge in [-0.3, -0.25) is 4.79 Å². The number of carbonyl (C=O) groups is 1. The minimum atomic E-state index is -0.190. The molecule has 1 aromatic heterocycles. The van der Waals surface area contributed by atoms with E-state index in [2.05, 4.69) is 15.2 Å². The molecule has 1 aromatic rings. The van der Waals surface area contributed by atoms with Gasteiger partial charge in [0, 0.05) is 32.3 Å². The van der Waals surface area contributed by atoms with Crippen LogP contribution in [0.2, 0.25) is 0 Å². The van der Waals surface area contributed by atoms with Crippen LogP contribution in [0.1, 0.15) is 29.4 Å². The lowest BCUT2D eigenvalue weighted by atomic mass is 10.1. The summed E-state index contributed by atoms with van der Waals surface area (Å²) in [6.45, 7) is 5.24. The lowest BCUT2D eigenvalue weighted by Gasteiger charge is -2.29. The zero-order valence-corrected chi connectivity index (χ0v) is 13.1. The SMILES string of the molecule is CCOCCNC(=O)c1sc(N2CCC(N)CC2)nc1N. The topological polar surface area (TPSA) is 106 Å². The fourth-order valence-electron chi connectivity index (χ4n) is 2.17. The van der Waals surface area contributed by atoms with E-state index in [-0.39, 0.29) is 11.9 Å². The van der Waals surface area contributed by atoms with E-state index < -0.39 is 0 Å². The number of thiazole rings is 1. The summed E-state index contributed by atoms with van der Waals surface area (Å²) in [6, 6.07) is 0.264.